The number of hydrogen-bond acceptors (Lipinski definition) is 6. The fourth-order valence-corrected chi connectivity index (χ4v) is 6.20. The summed E-state index contributed by atoms with van der Waals surface area (Å²) >= 11 is 0. The average molecular weight is 540 g/mol. The molecular formula is C32H37N5O3. The Labute approximate surface area is 235 Å². The molecule has 0 N–H and O–H groups in total. The molecule has 3 atom stereocenters. The van der Waals surface area contributed by atoms with Crippen molar-refractivity contribution < 1.29 is 14.3 Å². The molecule has 0 radical (unpaired) electrons. The van der Waals surface area contributed by atoms with Gasteiger partial charge in [0.25, 0.3) is 0 Å². The lowest BCUT2D eigenvalue weighted by Gasteiger charge is -2.24. The summed E-state index contributed by atoms with van der Waals surface area (Å²) in [4.78, 5) is 12.7. The summed E-state index contributed by atoms with van der Waals surface area (Å²) in [7, 11) is 3.27. The molecule has 2 saturated carbocycles. The van der Waals surface area contributed by atoms with Crippen molar-refractivity contribution in [2.75, 3.05) is 7.11 Å². The number of methoxy groups -OCH3 is 1. The number of carbonyl (C=O) groups excluding carboxylic acids is 1. The van der Waals surface area contributed by atoms with Crippen LogP contribution in [-0.2, 0) is 11.8 Å². The van der Waals surface area contributed by atoms with Crippen LogP contribution in [0.3, 0.4) is 0 Å². The molecule has 2 aromatic carbocycles. The van der Waals surface area contributed by atoms with Crippen molar-refractivity contribution in [2.45, 2.75) is 69.8 Å². The van der Waals surface area contributed by atoms with Crippen LogP contribution in [0.2, 0.25) is 0 Å². The number of nitrogens with zero attached hydrogens (tertiary/aromatic N) is 5. The van der Waals surface area contributed by atoms with Crippen LogP contribution < -0.4 is 4.74 Å². The first-order valence-electron chi connectivity index (χ1n) is 14.4. The molecule has 8 nitrogen and oxygen atoms in total. The van der Waals surface area contributed by atoms with Gasteiger partial charge in [0.15, 0.2) is 0 Å². The second kappa shape index (κ2) is 11.3. The Morgan fingerprint density at radius 2 is 1.75 bits per heavy atom. The van der Waals surface area contributed by atoms with E-state index in [2.05, 4.69) is 58.7 Å². The Bertz CT molecular complexity index is 1480. The van der Waals surface area contributed by atoms with Gasteiger partial charge in [-0.1, -0.05) is 55.2 Å². The van der Waals surface area contributed by atoms with Crippen LogP contribution in [0.25, 0.3) is 16.8 Å². The van der Waals surface area contributed by atoms with E-state index in [-0.39, 0.29) is 23.9 Å². The first-order valence-corrected chi connectivity index (χ1v) is 14.4. The minimum atomic E-state index is -0.380. The van der Waals surface area contributed by atoms with Gasteiger partial charge in [0, 0.05) is 25.1 Å². The molecule has 8 heteroatoms. The van der Waals surface area contributed by atoms with Crippen LogP contribution in [0.4, 0.5) is 0 Å². The largest absolute Gasteiger partial charge is 0.490 e. The van der Waals surface area contributed by atoms with Crippen molar-refractivity contribution in [3.63, 3.8) is 0 Å². The predicted molar refractivity (Wildman–Crippen MR) is 153 cm³/mol. The average Bonchev–Trinajstić information content (AvgIpc) is 3.56. The normalized spacial score (nSPS) is 20.1. The molecular weight excluding hydrogens is 502 g/mol. The van der Waals surface area contributed by atoms with E-state index in [0.29, 0.717) is 11.5 Å². The molecule has 2 fully saturated rings. The van der Waals surface area contributed by atoms with Gasteiger partial charge >= 0.3 is 5.97 Å². The number of benzene rings is 2. The molecule has 6 rings (SSSR count). The van der Waals surface area contributed by atoms with Gasteiger partial charge in [0.1, 0.15) is 11.3 Å². The molecule has 4 aromatic rings. The lowest BCUT2D eigenvalue weighted by molar-refractivity contribution is 0.0599. The minimum absolute atomic E-state index is 0.110. The molecule has 2 heterocycles. The highest BCUT2D eigenvalue weighted by molar-refractivity contribution is 5.91. The lowest BCUT2D eigenvalue weighted by Crippen LogP contribution is -2.23. The summed E-state index contributed by atoms with van der Waals surface area (Å²) in [5.41, 5.74) is 5.32. The third-order valence-electron chi connectivity index (χ3n) is 8.50. The third kappa shape index (κ3) is 5.40. The van der Waals surface area contributed by atoms with E-state index in [1.807, 2.05) is 30.1 Å². The number of rotatable bonds is 8. The van der Waals surface area contributed by atoms with Gasteiger partial charge in [-0.05, 0) is 67.5 Å². The second-order valence-corrected chi connectivity index (χ2v) is 11.3. The molecule has 0 spiro atoms. The van der Waals surface area contributed by atoms with Crippen LogP contribution in [-0.4, -0.2) is 44.0 Å². The monoisotopic (exact) mass is 539 g/mol. The molecule has 40 heavy (non-hydrogen) atoms. The van der Waals surface area contributed by atoms with E-state index >= 15 is 0 Å². The van der Waals surface area contributed by atoms with Gasteiger partial charge in [0.05, 0.1) is 36.5 Å². The van der Waals surface area contributed by atoms with Crippen LogP contribution in [0.1, 0.15) is 85.5 Å². The van der Waals surface area contributed by atoms with Crippen LogP contribution in [0.15, 0.2) is 60.9 Å². The number of hydrogen-bond donors (Lipinski definition) is 0. The van der Waals surface area contributed by atoms with Gasteiger partial charge in [-0.15, -0.1) is 5.10 Å². The summed E-state index contributed by atoms with van der Waals surface area (Å²) < 4.78 is 15.2. The summed E-state index contributed by atoms with van der Waals surface area (Å²) in [6.45, 7) is 2.22. The zero-order chi connectivity index (χ0) is 27.6. The minimum Gasteiger partial charge on any atom is -0.490 e. The van der Waals surface area contributed by atoms with Crippen molar-refractivity contribution in [3.8, 4) is 22.6 Å². The zero-order valence-corrected chi connectivity index (χ0v) is 23.5. The molecule has 2 aliphatic carbocycles. The summed E-state index contributed by atoms with van der Waals surface area (Å²) in [5.74, 6) is 1.44. The summed E-state index contributed by atoms with van der Waals surface area (Å²) in [6, 6.07) is 16.6. The van der Waals surface area contributed by atoms with Gasteiger partial charge in [-0.2, -0.15) is 5.10 Å². The number of aromatic nitrogens is 5. The van der Waals surface area contributed by atoms with Crippen LogP contribution in [0.5, 0.6) is 5.75 Å². The van der Waals surface area contributed by atoms with E-state index < -0.39 is 0 Å². The van der Waals surface area contributed by atoms with E-state index in [1.54, 1.807) is 10.9 Å². The number of ether oxygens (including phenoxy) is 2. The number of esters is 1. The maximum atomic E-state index is 12.7. The molecule has 2 aliphatic rings. The fraction of sp³-hybridized carbons (Fsp3) is 0.438. The zero-order valence-electron chi connectivity index (χ0n) is 23.5. The molecule has 208 valence electrons. The molecule has 2 aromatic heterocycles. The Balaban J connectivity index is 1.27. The van der Waals surface area contributed by atoms with Crippen molar-refractivity contribution >= 4 is 5.97 Å². The number of carbonyl (C=O) groups is 1. The van der Waals surface area contributed by atoms with Gasteiger partial charge < -0.3 is 9.47 Å². The Morgan fingerprint density at radius 1 is 1.00 bits per heavy atom. The second-order valence-electron chi connectivity index (χ2n) is 11.3. The SMILES string of the molecule is COC(=O)c1cnn(-c2cccc(-c3cccc(O[C@@H](C)C4CCCCCC4)c3)c2)c1[C@@H]1C[C@H]1c1cn(C)nn1. The van der Waals surface area contributed by atoms with E-state index in [0.717, 1.165) is 40.4 Å². The Kier molecular flexibility index (Phi) is 7.41. The Hall–Kier alpha value is -3.94. The smallest absolute Gasteiger partial charge is 0.341 e. The summed E-state index contributed by atoms with van der Waals surface area (Å²) in [5, 5.41) is 13.0. The predicted octanol–water partition coefficient (Wildman–Crippen LogP) is 6.46. The third-order valence-corrected chi connectivity index (χ3v) is 8.50. The van der Waals surface area contributed by atoms with E-state index in [1.165, 1.54) is 45.6 Å². The van der Waals surface area contributed by atoms with Crippen molar-refractivity contribution in [1.82, 2.24) is 24.8 Å². The van der Waals surface area contributed by atoms with E-state index in [9.17, 15) is 4.79 Å². The van der Waals surface area contributed by atoms with E-state index in [4.69, 9.17) is 9.47 Å². The number of aryl methyl sites for hydroxylation is 1. The molecule has 0 unspecified atom stereocenters. The summed E-state index contributed by atoms with van der Waals surface area (Å²) in [6.07, 6.45) is 12.4. The van der Waals surface area contributed by atoms with Gasteiger partial charge in [-0.3, -0.25) is 4.68 Å². The highest BCUT2D eigenvalue weighted by Gasteiger charge is 2.46. The van der Waals surface area contributed by atoms with Gasteiger partial charge in [0.2, 0.25) is 0 Å². The van der Waals surface area contributed by atoms with Crippen molar-refractivity contribution in [2.24, 2.45) is 13.0 Å². The molecule has 0 saturated heterocycles. The van der Waals surface area contributed by atoms with Gasteiger partial charge in [-0.25, -0.2) is 9.48 Å². The maximum absolute atomic E-state index is 12.7. The van der Waals surface area contributed by atoms with Crippen molar-refractivity contribution in [1.29, 1.82) is 0 Å². The first kappa shape index (κ1) is 26.3. The van der Waals surface area contributed by atoms with Crippen LogP contribution in [0, 0.1) is 5.92 Å². The van der Waals surface area contributed by atoms with Crippen LogP contribution >= 0.6 is 0 Å². The Morgan fingerprint density at radius 3 is 2.48 bits per heavy atom. The fourth-order valence-electron chi connectivity index (χ4n) is 6.20. The molecule has 0 amide bonds. The topological polar surface area (TPSA) is 84.1 Å². The quantitative estimate of drug-likeness (QED) is 0.189. The molecule has 0 bridgehead atoms. The lowest BCUT2D eigenvalue weighted by atomic mass is 9.95. The standard InChI is InChI=1S/C32H37N5O3/c1-21(22-10-6-4-5-7-11-22)40-26-15-9-13-24(17-26)23-12-8-14-25(16-23)37-31(29(19-33-37)32(38)39-3)28-18-27(28)30-20-36(2)35-34-30/h8-9,12-17,19-22,27-28H,4-7,10-11,18H2,1-3H3/t21-,27+,28+/m0/s1. The highest BCUT2D eigenvalue weighted by Crippen LogP contribution is 2.55. The maximum Gasteiger partial charge on any atom is 0.341 e. The first-order chi connectivity index (χ1) is 19.5. The van der Waals surface area contributed by atoms with Crippen molar-refractivity contribution in [3.05, 3.63) is 77.9 Å². The molecule has 0 aliphatic heterocycles. The highest BCUT2D eigenvalue weighted by atomic mass is 16.5.